The molecule has 1 amide bonds. The number of hydrogen-bond acceptors (Lipinski definition) is 4. The molecule has 2 aromatic rings. The van der Waals surface area contributed by atoms with Crippen LogP contribution in [-0.2, 0) is 16.1 Å². The molecular formula is C15H16BrN3O2. The van der Waals surface area contributed by atoms with Crippen molar-refractivity contribution >= 4 is 33.2 Å². The van der Waals surface area contributed by atoms with Crippen molar-refractivity contribution in [3.05, 3.63) is 52.8 Å². The molecule has 0 saturated carbocycles. The maximum atomic E-state index is 11.5. The number of halogens is 1. The lowest BCUT2D eigenvalue weighted by molar-refractivity contribution is -0.119. The number of anilines is 2. The third-order valence-corrected chi connectivity index (χ3v) is 3.15. The molecule has 5 nitrogen and oxygen atoms in total. The summed E-state index contributed by atoms with van der Waals surface area (Å²) in [5.41, 5.74) is 2.58. The molecule has 0 saturated heterocycles. The van der Waals surface area contributed by atoms with Crippen LogP contribution in [0.5, 0.6) is 0 Å². The van der Waals surface area contributed by atoms with E-state index in [-0.39, 0.29) is 12.5 Å². The summed E-state index contributed by atoms with van der Waals surface area (Å²) in [4.78, 5) is 15.8. The summed E-state index contributed by atoms with van der Waals surface area (Å²) >= 11 is 3.35. The first-order valence-electron chi connectivity index (χ1n) is 6.40. The van der Waals surface area contributed by atoms with Crippen molar-refractivity contribution < 1.29 is 9.53 Å². The van der Waals surface area contributed by atoms with Crippen molar-refractivity contribution in [3.63, 3.8) is 0 Å². The first kappa shape index (κ1) is 15.5. The second-order valence-corrected chi connectivity index (χ2v) is 5.30. The molecule has 0 radical (unpaired) electrons. The number of aromatic nitrogens is 1. The Morgan fingerprint density at radius 1 is 1.29 bits per heavy atom. The molecule has 0 aliphatic heterocycles. The van der Waals surface area contributed by atoms with Crippen LogP contribution in [0, 0.1) is 0 Å². The lowest BCUT2D eigenvalue weighted by atomic mass is 10.2. The molecule has 0 atom stereocenters. The number of nitrogens with zero attached hydrogens (tertiary/aromatic N) is 1. The SMILES string of the molecule is COCC(=O)Nc1cccc(NCc2ccc(Br)cn2)c1. The largest absolute Gasteiger partial charge is 0.379 e. The van der Waals surface area contributed by atoms with Gasteiger partial charge in [-0.2, -0.15) is 0 Å². The molecule has 0 bridgehead atoms. The van der Waals surface area contributed by atoms with E-state index < -0.39 is 0 Å². The Bertz CT molecular complexity index is 602. The Balaban J connectivity index is 1.94. The van der Waals surface area contributed by atoms with Crippen LogP contribution >= 0.6 is 15.9 Å². The van der Waals surface area contributed by atoms with Gasteiger partial charge in [-0.3, -0.25) is 9.78 Å². The number of rotatable bonds is 6. The van der Waals surface area contributed by atoms with Crippen LogP contribution in [0.1, 0.15) is 5.69 Å². The van der Waals surface area contributed by atoms with Crippen molar-refractivity contribution in [3.8, 4) is 0 Å². The fraction of sp³-hybridized carbons (Fsp3) is 0.200. The van der Waals surface area contributed by atoms with E-state index in [1.165, 1.54) is 7.11 Å². The van der Waals surface area contributed by atoms with Gasteiger partial charge in [-0.1, -0.05) is 6.07 Å². The van der Waals surface area contributed by atoms with Crippen LogP contribution in [-0.4, -0.2) is 24.6 Å². The van der Waals surface area contributed by atoms with Gasteiger partial charge in [0, 0.05) is 29.2 Å². The van der Waals surface area contributed by atoms with E-state index in [2.05, 4.69) is 31.5 Å². The van der Waals surface area contributed by atoms with E-state index in [0.29, 0.717) is 6.54 Å². The normalized spacial score (nSPS) is 10.2. The van der Waals surface area contributed by atoms with Gasteiger partial charge in [-0.25, -0.2) is 0 Å². The average Bonchev–Trinajstić information content (AvgIpc) is 2.47. The van der Waals surface area contributed by atoms with Crippen LogP contribution in [0.25, 0.3) is 0 Å². The van der Waals surface area contributed by atoms with Gasteiger partial charge in [0.05, 0.1) is 12.2 Å². The van der Waals surface area contributed by atoms with Crippen molar-refractivity contribution in [1.29, 1.82) is 0 Å². The van der Waals surface area contributed by atoms with E-state index in [4.69, 9.17) is 4.74 Å². The number of carbonyl (C=O) groups excluding carboxylic acids is 1. The van der Waals surface area contributed by atoms with E-state index in [9.17, 15) is 4.79 Å². The summed E-state index contributed by atoms with van der Waals surface area (Å²) in [5, 5.41) is 6.03. The molecule has 0 fully saturated rings. The van der Waals surface area contributed by atoms with Crippen molar-refractivity contribution in [2.45, 2.75) is 6.54 Å². The molecule has 1 aromatic carbocycles. The number of nitrogens with one attached hydrogen (secondary N) is 2. The van der Waals surface area contributed by atoms with Gasteiger partial charge in [0.15, 0.2) is 0 Å². The summed E-state index contributed by atoms with van der Waals surface area (Å²) in [6.07, 6.45) is 1.76. The van der Waals surface area contributed by atoms with E-state index in [1.807, 2.05) is 36.4 Å². The van der Waals surface area contributed by atoms with Gasteiger partial charge in [-0.15, -0.1) is 0 Å². The maximum Gasteiger partial charge on any atom is 0.250 e. The predicted octanol–water partition coefficient (Wildman–Crippen LogP) is 3.04. The zero-order valence-corrected chi connectivity index (χ0v) is 13.2. The highest BCUT2D eigenvalue weighted by Crippen LogP contribution is 2.16. The first-order valence-corrected chi connectivity index (χ1v) is 7.20. The number of ether oxygens (including phenoxy) is 1. The average molecular weight is 350 g/mol. The monoisotopic (exact) mass is 349 g/mol. The topological polar surface area (TPSA) is 63.2 Å². The molecule has 0 unspecified atom stereocenters. The summed E-state index contributed by atoms with van der Waals surface area (Å²) in [6, 6.07) is 11.4. The minimum Gasteiger partial charge on any atom is -0.379 e. The molecule has 1 heterocycles. The first-order chi connectivity index (χ1) is 10.2. The highest BCUT2D eigenvalue weighted by Gasteiger charge is 2.02. The third-order valence-electron chi connectivity index (χ3n) is 2.68. The second kappa shape index (κ2) is 7.75. The van der Waals surface area contributed by atoms with Crippen LogP contribution < -0.4 is 10.6 Å². The molecule has 0 spiro atoms. The Labute approximate surface area is 131 Å². The number of pyridine rings is 1. The fourth-order valence-corrected chi connectivity index (χ4v) is 1.97. The molecule has 110 valence electrons. The quantitative estimate of drug-likeness (QED) is 0.841. The molecule has 1 aromatic heterocycles. The zero-order valence-electron chi connectivity index (χ0n) is 11.6. The molecule has 0 aliphatic carbocycles. The molecule has 6 heteroatoms. The number of amides is 1. The van der Waals surface area contributed by atoms with Crippen LogP contribution in [0.15, 0.2) is 47.1 Å². The van der Waals surface area contributed by atoms with Crippen molar-refractivity contribution in [2.75, 3.05) is 24.4 Å². The number of carbonyl (C=O) groups is 1. The van der Waals surface area contributed by atoms with E-state index >= 15 is 0 Å². The molecule has 2 rings (SSSR count). The Morgan fingerprint density at radius 2 is 2.10 bits per heavy atom. The van der Waals surface area contributed by atoms with Crippen LogP contribution in [0.4, 0.5) is 11.4 Å². The number of methoxy groups -OCH3 is 1. The van der Waals surface area contributed by atoms with Crippen molar-refractivity contribution in [1.82, 2.24) is 4.98 Å². The predicted molar refractivity (Wildman–Crippen MR) is 86.2 cm³/mol. The highest BCUT2D eigenvalue weighted by atomic mass is 79.9. The van der Waals surface area contributed by atoms with E-state index in [0.717, 1.165) is 21.5 Å². The maximum absolute atomic E-state index is 11.5. The Hall–Kier alpha value is -1.92. The smallest absolute Gasteiger partial charge is 0.250 e. The van der Waals surface area contributed by atoms with Gasteiger partial charge < -0.3 is 15.4 Å². The zero-order chi connectivity index (χ0) is 15.1. The lowest BCUT2D eigenvalue weighted by Gasteiger charge is -2.09. The summed E-state index contributed by atoms with van der Waals surface area (Å²) in [6.45, 7) is 0.656. The van der Waals surface area contributed by atoms with Gasteiger partial charge in [-0.05, 0) is 46.3 Å². The second-order valence-electron chi connectivity index (χ2n) is 4.38. The molecule has 0 aliphatic rings. The fourth-order valence-electron chi connectivity index (χ4n) is 1.74. The third kappa shape index (κ3) is 5.17. The summed E-state index contributed by atoms with van der Waals surface area (Å²) in [7, 11) is 1.49. The van der Waals surface area contributed by atoms with Gasteiger partial charge in [0.25, 0.3) is 0 Å². The van der Waals surface area contributed by atoms with Crippen molar-refractivity contribution in [2.24, 2.45) is 0 Å². The standard InChI is InChI=1S/C15H16BrN3O2/c1-21-10-15(20)19-13-4-2-3-12(7-13)18-9-14-6-5-11(16)8-17-14/h2-8,18H,9-10H2,1H3,(H,19,20). The summed E-state index contributed by atoms with van der Waals surface area (Å²) in [5.74, 6) is -0.177. The van der Waals surface area contributed by atoms with Crippen LogP contribution in [0.2, 0.25) is 0 Å². The number of benzene rings is 1. The molecule has 2 N–H and O–H groups in total. The number of hydrogen-bond donors (Lipinski definition) is 2. The van der Waals surface area contributed by atoms with E-state index in [1.54, 1.807) is 6.20 Å². The highest BCUT2D eigenvalue weighted by molar-refractivity contribution is 9.10. The Kier molecular flexibility index (Phi) is 5.71. The summed E-state index contributed by atoms with van der Waals surface area (Å²) < 4.78 is 5.73. The lowest BCUT2D eigenvalue weighted by Crippen LogP contribution is -2.17. The minimum absolute atomic E-state index is 0.0421. The Morgan fingerprint density at radius 3 is 2.81 bits per heavy atom. The van der Waals surface area contributed by atoms with Gasteiger partial charge in [0.2, 0.25) is 5.91 Å². The van der Waals surface area contributed by atoms with Gasteiger partial charge in [0.1, 0.15) is 6.61 Å². The molecular weight excluding hydrogens is 334 g/mol. The molecule has 21 heavy (non-hydrogen) atoms. The van der Waals surface area contributed by atoms with Gasteiger partial charge >= 0.3 is 0 Å². The minimum atomic E-state index is -0.177. The van der Waals surface area contributed by atoms with Crippen LogP contribution in [0.3, 0.4) is 0 Å².